The molecule has 5 rings (SSSR count). The van der Waals surface area contributed by atoms with E-state index in [1.165, 1.54) is 57.3 Å². The van der Waals surface area contributed by atoms with Crippen molar-refractivity contribution >= 4 is 0 Å². The largest absolute Gasteiger partial charge is 0.313 e. The van der Waals surface area contributed by atoms with Crippen LogP contribution >= 0.6 is 0 Å². The minimum absolute atomic E-state index is 0.0611. The normalized spacial score (nSPS) is 16.5. The summed E-state index contributed by atoms with van der Waals surface area (Å²) >= 11 is 0. The first-order chi connectivity index (χ1) is 20.6. The van der Waals surface area contributed by atoms with Gasteiger partial charge in [-0.15, -0.1) is 0 Å². The van der Waals surface area contributed by atoms with Crippen LogP contribution in [-0.2, 0) is 21.7 Å². The number of benzene rings is 4. The second-order valence-corrected chi connectivity index (χ2v) is 16.3. The second-order valence-electron chi connectivity index (χ2n) is 16.3. The SMILES string of the molecule is CC(C)(C)c1ccc(C(C)(C)c2ccc(C(c3ccc(C(C)(C)c4ccc(C(C)(C)C)cc4)cc3)[C@H]3CCCN3)cc2)cc1. The van der Waals surface area contributed by atoms with Crippen molar-refractivity contribution in [2.45, 2.75) is 116 Å². The molecule has 1 N–H and O–H groups in total. The fraction of sp³-hybridized carbons (Fsp3) is 0.442. The smallest absolute Gasteiger partial charge is 0.0243 e. The van der Waals surface area contributed by atoms with Crippen molar-refractivity contribution in [3.05, 3.63) is 142 Å². The fourth-order valence-electron chi connectivity index (χ4n) is 6.97. The van der Waals surface area contributed by atoms with Gasteiger partial charge in [0, 0.05) is 22.8 Å². The molecule has 0 aliphatic carbocycles. The average Bonchev–Trinajstić information content (AvgIpc) is 3.52. The van der Waals surface area contributed by atoms with E-state index >= 15 is 0 Å². The highest BCUT2D eigenvalue weighted by Gasteiger charge is 2.30. The van der Waals surface area contributed by atoms with Crippen LogP contribution < -0.4 is 5.32 Å². The lowest BCUT2D eigenvalue weighted by atomic mass is 9.75. The minimum atomic E-state index is -0.0611. The molecule has 1 atom stereocenters. The van der Waals surface area contributed by atoms with Gasteiger partial charge < -0.3 is 5.32 Å². The second kappa shape index (κ2) is 12.0. The average molecular weight is 586 g/mol. The summed E-state index contributed by atoms with van der Waals surface area (Å²) in [5.74, 6) is 0.337. The number of hydrogen-bond donors (Lipinski definition) is 1. The van der Waals surface area contributed by atoms with Crippen LogP contribution in [0.3, 0.4) is 0 Å². The van der Waals surface area contributed by atoms with E-state index in [-0.39, 0.29) is 21.7 Å². The Bertz CT molecular complexity index is 1400. The van der Waals surface area contributed by atoms with Gasteiger partial charge in [-0.1, -0.05) is 166 Å². The predicted octanol–water partition coefficient (Wildman–Crippen LogP) is 10.8. The Labute approximate surface area is 268 Å². The lowest BCUT2D eigenvalue weighted by Crippen LogP contribution is -2.30. The maximum absolute atomic E-state index is 3.83. The molecule has 1 saturated heterocycles. The van der Waals surface area contributed by atoms with Crippen molar-refractivity contribution < 1.29 is 0 Å². The van der Waals surface area contributed by atoms with Crippen LogP contribution in [0.25, 0.3) is 0 Å². The molecule has 0 unspecified atom stereocenters. The molecule has 44 heavy (non-hydrogen) atoms. The van der Waals surface area contributed by atoms with E-state index in [0.29, 0.717) is 12.0 Å². The third-order valence-corrected chi connectivity index (χ3v) is 10.4. The van der Waals surface area contributed by atoms with Crippen molar-refractivity contribution in [1.29, 1.82) is 0 Å². The molecule has 1 fully saturated rings. The van der Waals surface area contributed by atoms with Crippen LogP contribution in [0.1, 0.15) is 133 Å². The first-order valence-corrected chi connectivity index (χ1v) is 16.7. The lowest BCUT2D eigenvalue weighted by molar-refractivity contribution is 0.539. The van der Waals surface area contributed by atoms with Crippen LogP contribution in [0.2, 0.25) is 0 Å². The van der Waals surface area contributed by atoms with Gasteiger partial charge in [0.25, 0.3) is 0 Å². The van der Waals surface area contributed by atoms with Crippen LogP contribution in [0.15, 0.2) is 97.1 Å². The van der Waals surface area contributed by atoms with Crippen LogP contribution in [0, 0.1) is 0 Å². The van der Waals surface area contributed by atoms with Crippen molar-refractivity contribution in [3.63, 3.8) is 0 Å². The maximum atomic E-state index is 3.83. The summed E-state index contributed by atoms with van der Waals surface area (Å²) < 4.78 is 0. The van der Waals surface area contributed by atoms with Gasteiger partial charge in [0.05, 0.1) is 0 Å². The van der Waals surface area contributed by atoms with Gasteiger partial charge >= 0.3 is 0 Å². The zero-order valence-corrected chi connectivity index (χ0v) is 29.0. The Hall–Kier alpha value is -3.16. The zero-order chi connectivity index (χ0) is 31.9. The Kier molecular flexibility index (Phi) is 8.78. The molecule has 1 heteroatoms. The minimum Gasteiger partial charge on any atom is -0.313 e. The molecule has 232 valence electrons. The summed E-state index contributed by atoms with van der Waals surface area (Å²) in [7, 11) is 0. The summed E-state index contributed by atoms with van der Waals surface area (Å²) in [6.07, 6.45) is 2.46. The zero-order valence-electron chi connectivity index (χ0n) is 29.0. The summed E-state index contributed by atoms with van der Waals surface area (Å²) in [5.41, 5.74) is 11.2. The molecule has 1 aliphatic rings. The molecule has 0 bridgehead atoms. The molecular weight excluding hydrogens is 530 g/mol. The van der Waals surface area contributed by atoms with E-state index in [1.807, 2.05) is 0 Å². The molecule has 0 saturated carbocycles. The topological polar surface area (TPSA) is 12.0 Å². The third kappa shape index (κ3) is 6.59. The Balaban J connectivity index is 1.41. The molecular formula is C43H55N. The first-order valence-electron chi connectivity index (χ1n) is 16.7. The molecule has 1 nitrogen and oxygen atoms in total. The Morgan fingerprint density at radius 2 is 0.750 bits per heavy atom. The van der Waals surface area contributed by atoms with Gasteiger partial charge in [0.1, 0.15) is 0 Å². The Morgan fingerprint density at radius 1 is 0.455 bits per heavy atom. The third-order valence-electron chi connectivity index (χ3n) is 10.4. The van der Waals surface area contributed by atoms with E-state index in [9.17, 15) is 0 Å². The first kappa shape index (κ1) is 32.2. The molecule has 0 radical (unpaired) electrons. The van der Waals surface area contributed by atoms with Gasteiger partial charge in [-0.3, -0.25) is 0 Å². The predicted molar refractivity (Wildman–Crippen MR) is 190 cm³/mol. The van der Waals surface area contributed by atoms with Crippen LogP contribution in [0.5, 0.6) is 0 Å². The van der Waals surface area contributed by atoms with Crippen LogP contribution in [-0.4, -0.2) is 12.6 Å². The van der Waals surface area contributed by atoms with E-state index < -0.39 is 0 Å². The van der Waals surface area contributed by atoms with E-state index in [0.717, 1.165) is 6.54 Å². The number of rotatable bonds is 7. The lowest BCUT2D eigenvalue weighted by Gasteiger charge is -2.30. The van der Waals surface area contributed by atoms with Crippen molar-refractivity contribution in [2.24, 2.45) is 0 Å². The molecule has 1 aliphatic heterocycles. The molecule has 4 aromatic carbocycles. The summed E-state index contributed by atoms with van der Waals surface area (Å²) in [4.78, 5) is 0. The van der Waals surface area contributed by atoms with Crippen molar-refractivity contribution in [2.75, 3.05) is 6.54 Å². The molecule has 1 heterocycles. The monoisotopic (exact) mass is 585 g/mol. The highest BCUT2D eigenvalue weighted by atomic mass is 14.9. The van der Waals surface area contributed by atoms with E-state index in [2.05, 4.69) is 172 Å². The van der Waals surface area contributed by atoms with E-state index in [4.69, 9.17) is 0 Å². The van der Waals surface area contributed by atoms with E-state index in [1.54, 1.807) is 0 Å². The van der Waals surface area contributed by atoms with Gasteiger partial charge in [0.15, 0.2) is 0 Å². The number of hydrogen-bond acceptors (Lipinski definition) is 1. The van der Waals surface area contributed by atoms with Gasteiger partial charge in [-0.2, -0.15) is 0 Å². The highest BCUT2D eigenvalue weighted by Crippen LogP contribution is 2.38. The molecule has 0 aromatic heterocycles. The standard InChI is InChI=1S/C43H55N/c1-40(2,3)32-21-25-36(26-22-32)42(7,8)34-17-13-30(14-18-34)39(38-12-11-29-44-38)31-15-19-35(20-16-31)43(9,10)37-27-23-33(24-28-37)41(4,5)6/h13-28,38-39,44H,11-12,29H2,1-10H3/t38-/m1/s1. The molecule has 0 spiro atoms. The summed E-state index contributed by atoms with van der Waals surface area (Å²) in [6, 6.07) is 38.0. The number of nitrogens with one attached hydrogen (secondary N) is 1. The van der Waals surface area contributed by atoms with Crippen molar-refractivity contribution in [1.82, 2.24) is 5.32 Å². The quantitative estimate of drug-likeness (QED) is 0.227. The van der Waals surface area contributed by atoms with Crippen molar-refractivity contribution in [3.8, 4) is 0 Å². The van der Waals surface area contributed by atoms with Gasteiger partial charge in [-0.05, 0) is 74.7 Å². The summed E-state index contributed by atoms with van der Waals surface area (Å²) in [6.45, 7) is 24.2. The summed E-state index contributed by atoms with van der Waals surface area (Å²) in [5, 5.41) is 3.83. The van der Waals surface area contributed by atoms with Gasteiger partial charge in [0.2, 0.25) is 0 Å². The molecule has 4 aromatic rings. The molecule has 0 amide bonds. The highest BCUT2D eigenvalue weighted by molar-refractivity contribution is 5.45. The van der Waals surface area contributed by atoms with Gasteiger partial charge in [-0.25, -0.2) is 0 Å². The fourth-order valence-corrected chi connectivity index (χ4v) is 6.97. The Morgan fingerprint density at radius 3 is 1.02 bits per heavy atom. The maximum Gasteiger partial charge on any atom is 0.0243 e. The van der Waals surface area contributed by atoms with Crippen LogP contribution in [0.4, 0.5) is 0 Å².